The van der Waals surface area contributed by atoms with Gasteiger partial charge in [-0.3, -0.25) is 14.7 Å². The third kappa shape index (κ3) is 3.07. The smallest absolute Gasteiger partial charge is 0.255 e. The van der Waals surface area contributed by atoms with Crippen LogP contribution in [0.3, 0.4) is 0 Å². The van der Waals surface area contributed by atoms with Crippen LogP contribution in [0.2, 0.25) is 0 Å². The van der Waals surface area contributed by atoms with Gasteiger partial charge in [0.1, 0.15) is 0 Å². The van der Waals surface area contributed by atoms with Crippen molar-refractivity contribution in [2.24, 2.45) is 5.92 Å². The summed E-state index contributed by atoms with van der Waals surface area (Å²) in [4.78, 5) is 21.9. The second-order valence-electron chi connectivity index (χ2n) is 7.45. The summed E-state index contributed by atoms with van der Waals surface area (Å²) < 4.78 is 6.16. The summed E-state index contributed by atoms with van der Waals surface area (Å²) in [6.45, 7) is 6.72. The molecule has 1 aromatic heterocycles. The Morgan fingerprint density at radius 1 is 1.21 bits per heavy atom. The molecule has 24 heavy (non-hydrogen) atoms. The van der Waals surface area contributed by atoms with Crippen molar-refractivity contribution >= 4 is 5.91 Å². The first-order valence-corrected chi connectivity index (χ1v) is 9.30. The third-order valence-electron chi connectivity index (χ3n) is 5.79. The zero-order valence-corrected chi connectivity index (χ0v) is 14.5. The van der Waals surface area contributed by atoms with Crippen molar-refractivity contribution in [3.8, 4) is 0 Å². The summed E-state index contributed by atoms with van der Waals surface area (Å²) in [5.41, 5.74) is 1.65. The fourth-order valence-corrected chi connectivity index (χ4v) is 4.51. The molecule has 0 saturated carbocycles. The van der Waals surface area contributed by atoms with Crippen molar-refractivity contribution < 1.29 is 9.53 Å². The van der Waals surface area contributed by atoms with Crippen molar-refractivity contribution in [2.75, 3.05) is 32.8 Å². The molecule has 0 unspecified atom stereocenters. The highest BCUT2D eigenvalue weighted by Gasteiger charge is 2.43. The van der Waals surface area contributed by atoms with Crippen LogP contribution < -0.4 is 0 Å². The van der Waals surface area contributed by atoms with Gasteiger partial charge in [-0.05, 0) is 57.8 Å². The second kappa shape index (κ2) is 6.81. The molecule has 0 spiro atoms. The lowest BCUT2D eigenvalue weighted by molar-refractivity contribution is -0.104. The van der Waals surface area contributed by atoms with Crippen molar-refractivity contribution in [3.63, 3.8) is 0 Å². The number of carbonyl (C=O) groups is 1. The quantitative estimate of drug-likeness (QED) is 0.834. The molecule has 3 atom stereocenters. The minimum Gasteiger partial charge on any atom is -0.376 e. The number of nitrogens with zero attached hydrogens (tertiary/aromatic N) is 3. The highest BCUT2D eigenvalue weighted by atomic mass is 16.5. The normalized spacial score (nSPS) is 31.0. The Bertz CT molecular complexity index is 583. The van der Waals surface area contributed by atoms with E-state index in [9.17, 15) is 4.79 Å². The number of fused-ring (bicyclic) bond motifs is 1. The number of rotatable bonds is 2. The Morgan fingerprint density at radius 3 is 2.79 bits per heavy atom. The van der Waals surface area contributed by atoms with Crippen LogP contribution in [0.1, 0.15) is 41.7 Å². The molecule has 5 heteroatoms. The van der Waals surface area contributed by atoms with E-state index < -0.39 is 0 Å². The first kappa shape index (κ1) is 16.0. The fourth-order valence-electron chi connectivity index (χ4n) is 4.51. The van der Waals surface area contributed by atoms with E-state index in [-0.39, 0.29) is 5.91 Å². The molecule has 0 aromatic carbocycles. The van der Waals surface area contributed by atoms with Crippen LogP contribution in [-0.2, 0) is 4.74 Å². The summed E-state index contributed by atoms with van der Waals surface area (Å²) in [5.74, 6) is 0.594. The van der Waals surface area contributed by atoms with Crippen LogP contribution in [0.4, 0.5) is 0 Å². The van der Waals surface area contributed by atoms with Gasteiger partial charge in [0.25, 0.3) is 5.91 Å². The fraction of sp³-hybridized carbons (Fsp3) is 0.684. The van der Waals surface area contributed by atoms with Crippen molar-refractivity contribution in [3.05, 3.63) is 29.6 Å². The van der Waals surface area contributed by atoms with Crippen LogP contribution in [0.5, 0.6) is 0 Å². The highest BCUT2D eigenvalue weighted by Crippen LogP contribution is 2.33. The van der Waals surface area contributed by atoms with Gasteiger partial charge in [0.2, 0.25) is 0 Å². The molecule has 1 amide bonds. The number of hydrogen-bond donors (Lipinski definition) is 0. The molecular formula is C19H27N3O2. The van der Waals surface area contributed by atoms with Crippen molar-refractivity contribution in [1.82, 2.24) is 14.8 Å². The lowest BCUT2D eigenvalue weighted by Crippen LogP contribution is -2.61. The third-order valence-corrected chi connectivity index (χ3v) is 5.79. The van der Waals surface area contributed by atoms with Crippen LogP contribution in [0.15, 0.2) is 18.3 Å². The Morgan fingerprint density at radius 2 is 2.04 bits per heavy atom. The standard InChI is InChI=1S/C19H27N3O2/c1-14-6-7-15(11-20-14)19(23)22-12-16-5-4-10-24-18(16)17(13-22)21-8-2-3-9-21/h6-7,11,16-18H,2-5,8-10,12-13H2,1H3/t16-,17+,18-/m0/s1. The monoisotopic (exact) mass is 329 g/mol. The first-order valence-electron chi connectivity index (χ1n) is 9.30. The number of aryl methyl sites for hydroxylation is 1. The van der Waals surface area contributed by atoms with Gasteiger partial charge in [0.05, 0.1) is 17.7 Å². The molecule has 0 N–H and O–H groups in total. The number of pyridine rings is 1. The lowest BCUT2D eigenvalue weighted by atomic mass is 9.84. The maximum Gasteiger partial charge on any atom is 0.255 e. The van der Waals surface area contributed by atoms with E-state index in [1.807, 2.05) is 24.0 Å². The van der Waals surface area contributed by atoms with Gasteiger partial charge in [0.15, 0.2) is 0 Å². The van der Waals surface area contributed by atoms with Crippen LogP contribution in [-0.4, -0.2) is 65.6 Å². The molecule has 0 aliphatic carbocycles. The lowest BCUT2D eigenvalue weighted by Gasteiger charge is -2.48. The number of hydrogen-bond acceptors (Lipinski definition) is 4. The van der Waals surface area contributed by atoms with Crippen LogP contribution in [0, 0.1) is 12.8 Å². The number of carbonyl (C=O) groups excluding carboxylic acids is 1. The second-order valence-corrected chi connectivity index (χ2v) is 7.45. The van der Waals surface area contributed by atoms with Gasteiger partial charge in [-0.1, -0.05) is 0 Å². The predicted molar refractivity (Wildman–Crippen MR) is 91.9 cm³/mol. The van der Waals surface area contributed by atoms with E-state index in [4.69, 9.17) is 4.74 Å². The number of aromatic nitrogens is 1. The molecule has 4 heterocycles. The van der Waals surface area contributed by atoms with Gasteiger partial charge >= 0.3 is 0 Å². The highest BCUT2D eigenvalue weighted by molar-refractivity contribution is 5.94. The summed E-state index contributed by atoms with van der Waals surface area (Å²) in [6.07, 6.45) is 6.84. The van der Waals surface area contributed by atoms with E-state index in [2.05, 4.69) is 9.88 Å². The molecule has 3 fully saturated rings. The van der Waals surface area contributed by atoms with Crippen molar-refractivity contribution in [1.29, 1.82) is 0 Å². The average molecular weight is 329 g/mol. The zero-order chi connectivity index (χ0) is 16.5. The van der Waals surface area contributed by atoms with Gasteiger partial charge in [-0.15, -0.1) is 0 Å². The number of likely N-dealkylation sites (tertiary alicyclic amines) is 2. The molecule has 3 aliphatic heterocycles. The van der Waals surface area contributed by atoms with Crippen molar-refractivity contribution in [2.45, 2.75) is 44.8 Å². The van der Waals surface area contributed by atoms with E-state index in [1.54, 1.807) is 6.20 Å². The van der Waals surface area contributed by atoms with Gasteiger partial charge in [-0.25, -0.2) is 0 Å². The summed E-state index contributed by atoms with van der Waals surface area (Å²) >= 11 is 0. The number of amides is 1. The summed E-state index contributed by atoms with van der Waals surface area (Å²) in [7, 11) is 0. The molecule has 3 saturated heterocycles. The van der Waals surface area contributed by atoms with Gasteiger partial charge in [0, 0.05) is 37.5 Å². The SMILES string of the molecule is Cc1ccc(C(=O)N2C[C@@H]3CCCO[C@@H]3[C@H](N3CCCC3)C2)cn1. The molecule has 3 aliphatic rings. The Kier molecular flexibility index (Phi) is 4.55. The minimum atomic E-state index is 0.121. The minimum absolute atomic E-state index is 0.121. The predicted octanol–water partition coefficient (Wildman–Crippen LogP) is 2.11. The van der Waals surface area contributed by atoms with E-state index >= 15 is 0 Å². The maximum atomic E-state index is 13.0. The molecule has 4 rings (SSSR count). The zero-order valence-electron chi connectivity index (χ0n) is 14.5. The Balaban J connectivity index is 1.54. The first-order chi connectivity index (χ1) is 11.7. The van der Waals surface area contributed by atoms with E-state index in [1.165, 1.54) is 19.3 Å². The summed E-state index contributed by atoms with van der Waals surface area (Å²) in [6, 6.07) is 4.18. The molecular weight excluding hydrogens is 302 g/mol. The number of ether oxygens (including phenoxy) is 1. The number of piperidine rings is 1. The maximum absolute atomic E-state index is 13.0. The Hall–Kier alpha value is -1.46. The topological polar surface area (TPSA) is 45.7 Å². The molecule has 0 radical (unpaired) electrons. The molecule has 5 nitrogen and oxygen atoms in total. The Labute approximate surface area is 144 Å². The van der Waals surface area contributed by atoms with E-state index in [0.717, 1.165) is 44.9 Å². The van der Waals surface area contributed by atoms with Gasteiger partial charge < -0.3 is 9.64 Å². The molecule has 1 aromatic rings. The van der Waals surface area contributed by atoms with Gasteiger partial charge in [-0.2, -0.15) is 0 Å². The molecule has 0 bridgehead atoms. The average Bonchev–Trinajstić information content (AvgIpc) is 3.15. The molecule has 130 valence electrons. The largest absolute Gasteiger partial charge is 0.376 e. The van der Waals surface area contributed by atoms with Crippen LogP contribution in [0.25, 0.3) is 0 Å². The summed E-state index contributed by atoms with van der Waals surface area (Å²) in [5, 5.41) is 0. The van der Waals surface area contributed by atoms with Crippen LogP contribution >= 0.6 is 0 Å². The van der Waals surface area contributed by atoms with E-state index in [0.29, 0.717) is 23.6 Å².